The van der Waals surface area contributed by atoms with Gasteiger partial charge in [-0.1, -0.05) is 40.5 Å². The third kappa shape index (κ3) is 10.9. The average molecular weight is 626 g/mol. The van der Waals surface area contributed by atoms with Gasteiger partial charge in [0.1, 0.15) is 11.5 Å². The molecule has 0 aliphatic carbocycles. The van der Waals surface area contributed by atoms with Crippen LogP contribution in [0.2, 0.25) is 0 Å². The molecule has 0 unspecified atom stereocenters. The minimum atomic E-state index is -0.0924. The van der Waals surface area contributed by atoms with E-state index in [1.165, 1.54) is 0 Å². The third-order valence-electron chi connectivity index (χ3n) is 5.21. The van der Waals surface area contributed by atoms with Crippen LogP contribution in [0, 0.1) is 11.8 Å². The Bertz CT molecular complexity index is 916. The Morgan fingerprint density at radius 3 is 1.42 bits per heavy atom. The number of carbonyl (C=O) groups is 2. The number of amides is 2. The van der Waals surface area contributed by atoms with Crippen molar-refractivity contribution in [1.29, 1.82) is 0 Å². The van der Waals surface area contributed by atoms with Gasteiger partial charge >= 0.3 is 0 Å². The Hall–Kier alpha value is -2.06. The van der Waals surface area contributed by atoms with E-state index in [1.807, 2.05) is 12.1 Å². The number of rotatable bonds is 15. The zero-order valence-electron chi connectivity index (χ0n) is 21.7. The van der Waals surface area contributed by atoms with E-state index in [2.05, 4.69) is 70.2 Å². The van der Waals surface area contributed by atoms with Crippen molar-refractivity contribution in [2.75, 3.05) is 26.3 Å². The van der Waals surface area contributed by atoms with Crippen molar-refractivity contribution in [3.8, 4) is 11.5 Å². The molecule has 0 bridgehead atoms. The first kappa shape index (κ1) is 30.2. The van der Waals surface area contributed by atoms with Gasteiger partial charge in [0.15, 0.2) is 0 Å². The van der Waals surface area contributed by atoms with Crippen LogP contribution in [-0.4, -0.2) is 38.1 Å². The lowest BCUT2D eigenvalue weighted by Crippen LogP contribution is -2.25. The second-order valence-corrected chi connectivity index (χ2v) is 11.3. The number of ether oxygens (including phenoxy) is 2. The second-order valence-electron chi connectivity index (χ2n) is 9.63. The summed E-state index contributed by atoms with van der Waals surface area (Å²) in [5.74, 6) is 2.17. The molecule has 36 heavy (non-hydrogen) atoms. The fourth-order valence-corrected chi connectivity index (χ4v) is 4.23. The van der Waals surface area contributed by atoms with Gasteiger partial charge in [-0.2, -0.15) is 0 Å². The molecule has 8 heteroatoms. The molecule has 2 aromatic rings. The summed E-state index contributed by atoms with van der Waals surface area (Å²) in [6.07, 6.45) is 3.74. The van der Waals surface area contributed by atoms with Gasteiger partial charge in [0.25, 0.3) is 11.8 Å². The molecular formula is C28H38Br2N2O4. The monoisotopic (exact) mass is 624 g/mol. The lowest BCUT2D eigenvalue weighted by molar-refractivity contribution is 0.0943. The molecule has 0 saturated carbocycles. The van der Waals surface area contributed by atoms with Crippen LogP contribution in [0.4, 0.5) is 0 Å². The normalized spacial score (nSPS) is 11.0. The maximum Gasteiger partial charge on any atom is 0.251 e. The van der Waals surface area contributed by atoms with E-state index in [9.17, 15) is 9.59 Å². The van der Waals surface area contributed by atoms with Crippen LogP contribution in [0.1, 0.15) is 74.1 Å². The fraction of sp³-hybridized carbons (Fsp3) is 0.500. The van der Waals surface area contributed by atoms with E-state index in [1.54, 1.807) is 24.3 Å². The number of hydrogen-bond acceptors (Lipinski definition) is 4. The minimum absolute atomic E-state index is 0.0924. The highest BCUT2D eigenvalue weighted by Gasteiger charge is 2.11. The number of benzene rings is 2. The van der Waals surface area contributed by atoms with Crippen LogP contribution in [0.3, 0.4) is 0 Å². The number of carbonyl (C=O) groups excluding carboxylic acids is 2. The molecule has 2 rings (SSSR count). The van der Waals surface area contributed by atoms with Crippen molar-refractivity contribution in [3.05, 3.63) is 56.5 Å². The first-order chi connectivity index (χ1) is 17.2. The number of unbranched alkanes of at least 4 members (excludes halogenated alkanes) is 3. The minimum Gasteiger partial charge on any atom is -0.492 e. The smallest absolute Gasteiger partial charge is 0.251 e. The SMILES string of the molecule is CC(C)COc1ccc(C(=O)NCCCCCCNC(=O)c2ccc(OCC(C)C)c(Br)c2)cc1Br. The predicted molar refractivity (Wildman–Crippen MR) is 152 cm³/mol. The van der Waals surface area contributed by atoms with Crippen molar-refractivity contribution in [2.24, 2.45) is 11.8 Å². The predicted octanol–water partition coefficient (Wildman–Crippen LogP) is 7.00. The van der Waals surface area contributed by atoms with Crippen molar-refractivity contribution < 1.29 is 19.1 Å². The van der Waals surface area contributed by atoms with Crippen LogP contribution in [0.5, 0.6) is 11.5 Å². The lowest BCUT2D eigenvalue weighted by Gasteiger charge is -2.12. The highest BCUT2D eigenvalue weighted by molar-refractivity contribution is 9.10. The van der Waals surface area contributed by atoms with Crippen LogP contribution >= 0.6 is 31.9 Å². The molecule has 0 aromatic heterocycles. The maximum atomic E-state index is 12.4. The molecule has 6 nitrogen and oxygen atoms in total. The molecule has 2 N–H and O–H groups in total. The first-order valence-corrected chi connectivity index (χ1v) is 14.2. The molecule has 0 fully saturated rings. The fourth-order valence-electron chi connectivity index (χ4n) is 3.24. The number of halogens is 2. The van der Waals surface area contributed by atoms with Gasteiger partial charge in [-0.15, -0.1) is 0 Å². The third-order valence-corrected chi connectivity index (χ3v) is 6.45. The quantitative estimate of drug-likeness (QED) is 0.209. The Morgan fingerprint density at radius 2 is 1.08 bits per heavy atom. The van der Waals surface area contributed by atoms with E-state index in [-0.39, 0.29) is 11.8 Å². The summed E-state index contributed by atoms with van der Waals surface area (Å²) >= 11 is 6.96. The zero-order valence-corrected chi connectivity index (χ0v) is 24.8. The summed E-state index contributed by atoms with van der Waals surface area (Å²) in [7, 11) is 0. The molecule has 198 valence electrons. The lowest BCUT2D eigenvalue weighted by atomic mass is 10.1. The zero-order chi connectivity index (χ0) is 26.5. The van der Waals surface area contributed by atoms with E-state index in [0.29, 0.717) is 49.3 Å². The Balaban J connectivity index is 1.60. The topological polar surface area (TPSA) is 76.7 Å². The van der Waals surface area contributed by atoms with Crippen LogP contribution in [0.25, 0.3) is 0 Å². The van der Waals surface area contributed by atoms with Crippen LogP contribution in [0.15, 0.2) is 45.3 Å². The molecule has 0 aliphatic rings. The molecule has 0 heterocycles. The van der Waals surface area contributed by atoms with Crippen molar-refractivity contribution in [3.63, 3.8) is 0 Å². The molecule has 0 spiro atoms. The van der Waals surface area contributed by atoms with Crippen molar-refractivity contribution >= 4 is 43.7 Å². The summed E-state index contributed by atoms with van der Waals surface area (Å²) in [4.78, 5) is 24.8. The van der Waals surface area contributed by atoms with Crippen molar-refractivity contribution in [2.45, 2.75) is 53.4 Å². The highest BCUT2D eigenvalue weighted by Crippen LogP contribution is 2.27. The second kappa shape index (κ2) is 15.9. The summed E-state index contributed by atoms with van der Waals surface area (Å²) in [6, 6.07) is 10.8. The van der Waals surface area contributed by atoms with Crippen LogP contribution in [-0.2, 0) is 0 Å². The van der Waals surface area contributed by atoms with Crippen molar-refractivity contribution in [1.82, 2.24) is 10.6 Å². The van der Waals surface area contributed by atoms with Gasteiger partial charge in [-0.3, -0.25) is 9.59 Å². The first-order valence-electron chi connectivity index (χ1n) is 12.6. The molecule has 0 saturated heterocycles. The van der Waals surface area contributed by atoms with E-state index in [4.69, 9.17) is 9.47 Å². The summed E-state index contributed by atoms with van der Waals surface area (Å²) in [5, 5.41) is 5.93. The summed E-state index contributed by atoms with van der Waals surface area (Å²) < 4.78 is 13.0. The van der Waals surface area contributed by atoms with E-state index in [0.717, 1.165) is 46.1 Å². The van der Waals surface area contributed by atoms with E-state index >= 15 is 0 Å². The standard InChI is InChI=1S/C28H38Br2N2O4/c1-19(2)17-35-25-11-9-21(15-23(25)29)27(33)31-13-7-5-6-8-14-32-28(34)22-10-12-26(24(30)16-22)36-18-20(3)4/h9-12,15-16,19-20H,5-8,13-14,17-18H2,1-4H3,(H,31,33)(H,32,34). The molecule has 0 radical (unpaired) electrons. The van der Waals surface area contributed by atoms with Gasteiger partial charge in [0.2, 0.25) is 0 Å². The van der Waals surface area contributed by atoms with Gasteiger partial charge in [0, 0.05) is 24.2 Å². The van der Waals surface area contributed by atoms with Crippen LogP contribution < -0.4 is 20.1 Å². The summed E-state index contributed by atoms with van der Waals surface area (Å²) in [5.41, 5.74) is 1.21. The average Bonchev–Trinajstić information content (AvgIpc) is 2.83. The Labute approximate surface area is 232 Å². The highest BCUT2D eigenvalue weighted by atomic mass is 79.9. The van der Waals surface area contributed by atoms with Gasteiger partial charge < -0.3 is 20.1 Å². The number of nitrogens with one attached hydrogen (secondary N) is 2. The Morgan fingerprint density at radius 1 is 0.694 bits per heavy atom. The Kier molecular flexibility index (Phi) is 13.3. The van der Waals surface area contributed by atoms with E-state index < -0.39 is 0 Å². The summed E-state index contributed by atoms with van der Waals surface area (Å²) in [6.45, 7) is 10.9. The van der Waals surface area contributed by atoms with Gasteiger partial charge in [0.05, 0.1) is 22.2 Å². The molecule has 2 amide bonds. The molecule has 2 aromatic carbocycles. The molecule has 0 aliphatic heterocycles. The molecule has 0 atom stereocenters. The number of hydrogen-bond donors (Lipinski definition) is 2. The largest absolute Gasteiger partial charge is 0.492 e. The molecular weight excluding hydrogens is 588 g/mol. The van der Waals surface area contributed by atoms with Gasteiger partial charge in [-0.05, 0) is 92.9 Å². The maximum absolute atomic E-state index is 12.4. The van der Waals surface area contributed by atoms with Gasteiger partial charge in [-0.25, -0.2) is 0 Å².